The van der Waals surface area contributed by atoms with Gasteiger partial charge in [-0.1, -0.05) is 12.1 Å². The van der Waals surface area contributed by atoms with Gasteiger partial charge in [0.25, 0.3) is 5.69 Å². The number of hydrogen-bond acceptors (Lipinski definition) is 3. The minimum absolute atomic E-state index is 0.0681. The number of nitro groups is 1. The summed E-state index contributed by atoms with van der Waals surface area (Å²) in [6.07, 6.45) is 0. The van der Waals surface area contributed by atoms with Crippen LogP contribution in [0.25, 0.3) is 0 Å². The largest absolute Gasteiger partial charge is 0.322 e. The Balaban J connectivity index is 2.98. The molecular formula is C8H9FN2O2. The molecule has 0 amide bonds. The quantitative estimate of drug-likeness (QED) is 0.572. The number of benzene rings is 1. The first-order valence-corrected chi connectivity index (χ1v) is 3.71. The molecule has 0 fully saturated rings. The summed E-state index contributed by atoms with van der Waals surface area (Å²) < 4.78 is 12.1. The van der Waals surface area contributed by atoms with E-state index in [2.05, 4.69) is 0 Å². The Kier molecular flexibility index (Phi) is 2.92. The molecule has 5 heteroatoms. The number of halogens is 1. The molecule has 0 unspecified atom stereocenters. The molecule has 4 nitrogen and oxygen atoms in total. The highest BCUT2D eigenvalue weighted by Crippen LogP contribution is 2.17. The standard InChI is InChI=1S/C8H9FN2O2/c9-5-8(10)6-2-1-3-7(4-6)11(12)13/h1-4,8H,5,10H2/t8-/m0/s1. The van der Waals surface area contributed by atoms with Crippen molar-refractivity contribution in [1.82, 2.24) is 0 Å². The molecule has 0 saturated heterocycles. The van der Waals surface area contributed by atoms with Crippen molar-refractivity contribution < 1.29 is 9.31 Å². The first-order valence-electron chi connectivity index (χ1n) is 3.71. The Morgan fingerprint density at radius 3 is 2.85 bits per heavy atom. The first kappa shape index (κ1) is 9.60. The highest BCUT2D eigenvalue weighted by atomic mass is 19.1. The van der Waals surface area contributed by atoms with Gasteiger partial charge in [0.15, 0.2) is 0 Å². The summed E-state index contributed by atoms with van der Waals surface area (Å²) in [7, 11) is 0. The molecule has 0 spiro atoms. The molecule has 2 N–H and O–H groups in total. The summed E-state index contributed by atoms with van der Waals surface area (Å²) in [4.78, 5) is 9.80. The van der Waals surface area contributed by atoms with Crippen LogP contribution < -0.4 is 5.73 Å². The van der Waals surface area contributed by atoms with Crippen LogP contribution in [0.15, 0.2) is 24.3 Å². The maximum atomic E-state index is 12.1. The van der Waals surface area contributed by atoms with Crippen LogP contribution >= 0.6 is 0 Å². The van der Waals surface area contributed by atoms with Crippen molar-refractivity contribution in [3.8, 4) is 0 Å². The third-order valence-corrected chi connectivity index (χ3v) is 1.68. The topological polar surface area (TPSA) is 69.2 Å². The summed E-state index contributed by atoms with van der Waals surface area (Å²) in [5.74, 6) is 0. The van der Waals surface area contributed by atoms with E-state index in [9.17, 15) is 14.5 Å². The molecule has 13 heavy (non-hydrogen) atoms. The summed E-state index contributed by atoms with van der Waals surface area (Å²) in [6.45, 7) is -0.721. The highest BCUT2D eigenvalue weighted by Gasteiger charge is 2.10. The normalized spacial score (nSPS) is 12.5. The minimum atomic E-state index is -0.778. The zero-order valence-electron chi connectivity index (χ0n) is 6.81. The molecule has 1 rings (SSSR count). The van der Waals surface area contributed by atoms with E-state index >= 15 is 0 Å². The molecule has 0 bridgehead atoms. The summed E-state index contributed by atoms with van der Waals surface area (Å²) in [5, 5.41) is 10.3. The van der Waals surface area contributed by atoms with Crippen LogP contribution in [0.2, 0.25) is 0 Å². The number of nitro benzene ring substituents is 1. The SMILES string of the molecule is N[C@@H](CF)c1cccc([N+](=O)[O-])c1. The van der Waals surface area contributed by atoms with Gasteiger partial charge >= 0.3 is 0 Å². The van der Waals surface area contributed by atoms with E-state index in [0.717, 1.165) is 0 Å². The number of hydrogen-bond donors (Lipinski definition) is 1. The van der Waals surface area contributed by atoms with Gasteiger partial charge in [0, 0.05) is 12.1 Å². The van der Waals surface area contributed by atoms with Crippen molar-refractivity contribution in [2.45, 2.75) is 6.04 Å². The monoisotopic (exact) mass is 184 g/mol. The van der Waals surface area contributed by atoms with Crippen LogP contribution in [-0.4, -0.2) is 11.6 Å². The molecule has 0 aliphatic rings. The van der Waals surface area contributed by atoms with Crippen molar-refractivity contribution in [3.05, 3.63) is 39.9 Å². The molecular weight excluding hydrogens is 175 g/mol. The number of nitrogens with two attached hydrogens (primary N) is 1. The molecule has 1 aromatic carbocycles. The zero-order chi connectivity index (χ0) is 9.84. The zero-order valence-corrected chi connectivity index (χ0v) is 6.81. The predicted molar refractivity (Wildman–Crippen MR) is 46.0 cm³/mol. The van der Waals surface area contributed by atoms with Gasteiger partial charge in [0.1, 0.15) is 6.67 Å². The summed E-state index contributed by atoms with van der Waals surface area (Å²) in [6, 6.07) is 4.90. The molecule has 0 aromatic heterocycles. The van der Waals surface area contributed by atoms with Gasteiger partial charge in [-0.25, -0.2) is 4.39 Å². The molecule has 0 saturated carbocycles. The van der Waals surface area contributed by atoms with Gasteiger partial charge in [-0.2, -0.15) is 0 Å². The second-order valence-corrected chi connectivity index (χ2v) is 2.61. The van der Waals surface area contributed by atoms with Gasteiger partial charge in [0.2, 0.25) is 0 Å². The fourth-order valence-corrected chi connectivity index (χ4v) is 0.958. The van der Waals surface area contributed by atoms with Gasteiger partial charge in [-0.3, -0.25) is 10.1 Å². The van der Waals surface area contributed by atoms with Gasteiger partial charge < -0.3 is 5.73 Å². The van der Waals surface area contributed by atoms with E-state index < -0.39 is 17.6 Å². The van der Waals surface area contributed by atoms with Crippen LogP contribution in [0.5, 0.6) is 0 Å². The smallest absolute Gasteiger partial charge is 0.269 e. The number of alkyl halides is 1. The van der Waals surface area contributed by atoms with Crippen LogP contribution in [0, 0.1) is 10.1 Å². The summed E-state index contributed by atoms with van der Waals surface area (Å²) in [5.41, 5.74) is 5.74. The maximum absolute atomic E-state index is 12.1. The lowest BCUT2D eigenvalue weighted by Crippen LogP contribution is -2.12. The van der Waals surface area contributed by atoms with Crippen molar-refractivity contribution in [1.29, 1.82) is 0 Å². The van der Waals surface area contributed by atoms with E-state index in [-0.39, 0.29) is 5.69 Å². The number of rotatable bonds is 3. The lowest BCUT2D eigenvalue weighted by Gasteiger charge is -2.05. The fraction of sp³-hybridized carbons (Fsp3) is 0.250. The van der Waals surface area contributed by atoms with E-state index in [4.69, 9.17) is 5.73 Å². The second-order valence-electron chi connectivity index (χ2n) is 2.61. The second kappa shape index (κ2) is 3.95. The van der Waals surface area contributed by atoms with Crippen molar-refractivity contribution >= 4 is 5.69 Å². The number of non-ortho nitro benzene ring substituents is 1. The Bertz CT molecular complexity index is 317. The first-order chi connectivity index (χ1) is 6.15. The average molecular weight is 184 g/mol. The Morgan fingerprint density at radius 2 is 2.31 bits per heavy atom. The predicted octanol–water partition coefficient (Wildman–Crippen LogP) is 1.56. The molecule has 0 heterocycles. The Morgan fingerprint density at radius 1 is 1.62 bits per heavy atom. The third kappa shape index (κ3) is 2.22. The van der Waals surface area contributed by atoms with E-state index in [1.54, 1.807) is 6.07 Å². The average Bonchev–Trinajstić information content (AvgIpc) is 2.17. The van der Waals surface area contributed by atoms with Crippen molar-refractivity contribution in [2.75, 3.05) is 6.67 Å². The van der Waals surface area contributed by atoms with Gasteiger partial charge in [-0.15, -0.1) is 0 Å². The van der Waals surface area contributed by atoms with Crippen LogP contribution in [0.4, 0.5) is 10.1 Å². The van der Waals surface area contributed by atoms with Crippen molar-refractivity contribution in [2.24, 2.45) is 5.73 Å². The Hall–Kier alpha value is -1.49. The van der Waals surface area contributed by atoms with Crippen LogP contribution in [0.1, 0.15) is 11.6 Å². The molecule has 0 radical (unpaired) electrons. The van der Waals surface area contributed by atoms with E-state index in [1.807, 2.05) is 0 Å². The third-order valence-electron chi connectivity index (χ3n) is 1.68. The lowest BCUT2D eigenvalue weighted by molar-refractivity contribution is -0.384. The number of nitrogens with zero attached hydrogens (tertiary/aromatic N) is 1. The molecule has 1 aromatic rings. The Labute approximate surface area is 74.3 Å². The van der Waals surface area contributed by atoms with Crippen LogP contribution in [0.3, 0.4) is 0 Å². The lowest BCUT2D eigenvalue weighted by atomic mass is 10.1. The van der Waals surface area contributed by atoms with E-state index in [1.165, 1.54) is 18.2 Å². The minimum Gasteiger partial charge on any atom is -0.322 e. The van der Waals surface area contributed by atoms with E-state index in [0.29, 0.717) is 5.56 Å². The fourth-order valence-electron chi connectivity index (χ4n) is 0.958. The molecule has 1 atom stereocenters. The molecule has 0 aliphatic heterocycles. The summed E-state index contributed by atoms with van der Waals surface area (Å²) >= 11 is 0. The maximum Gasteiger partial charge on any atom is 0.269 e. The molecule has 0 aliphatic carbocycles. The molecule has 70 valence electrons. The van der Waals surface area contributed by atoms with Gasteiger partial charge in [-0.05, 0) is 5.56 Å². The van der Waals surface area contributed by atoms with Crippen molar-refractivity contribution in [3.63, 3.8) is 0 Å². The van der Waals surface area contributed by atoms with Crippen LogP contribution in [-0.2, 0) is 0 Å². The highest BCUT2D eigenvalue weighted by molar-refractivity contribution is 5.35. The van der Waals surface area contributed by atoms with Gasteiger partial charge in [0.05, 0.1) is 11.0 Å².